The maximum absolute atomic E-state index is 10.1. The van der Waals surface area contributed by atoms with E-state index in [4.69, 9.17) is 10.00 Å². The summed E-state index contributed by atoms with van der Waals surface area (Å²) < 4.78 is 6.99. The Balaban J connectivity index is 1.60. The fraction of sp³-hybridized carbons (Fsp3) is 0.188. The van der Waals surface area contributed by atoms with E-state index >= 15 is 0 Å². The molecule has 1 atom stereocenters. The second-order valence-corrected chi connectivity index (χ2v) is 5.00. The summed E-state index contributed by atoms with van der Waals surface area (Å²) in [6.07, 6.45) is 0.852. The quantitative estimate of drug-likeness (QED) is 0.722. The van der Waals surface area contributed by atoms with Gasteiger partial charge in [-0.15, -0.1) is 5.10 Å². The van der Waals surface area contributed by atoms with Gasteiger partial charge in [-0.2, -0.15) is 5.26 Å². The van der Waals surface area contributed by atoms with Crippen molar-refractivity contribution in [2.75, 3.05) is 6.61 Å². The van der Waals surface area contributed by atoms with Crippen LogP contribution in [0, 0.1) is 11.3 Å². The minimum atomic E-state index is -0.799. The fourth-order valence-corrected chi connectivity index (χ4v) is 2.08. The molecule has 1 N–H and O–H groups in total. The third kappa shape index (κ3) is 3.71. The summed E-state index contributed by atoms with van der Waals surface area (Å²) in [5.74, 6) is 1.06. The number of aliphatic hydroxyl groups excluding tert-OH is 1. The third-order valence-electron chi connectivity index (χ3n) is 3.24. The lowest BCUT2D eigenvalue weighted by Crippen LogP contribution is -2.24. The fourth-order valence-electron chi connectivity index (χ4n) is 2.08. The molecular formula is C16H14N6O2. The molecule has 3 aromatic rings. The van der Waals surface area contributed by atoms with E-state index in [1.165, 1.54) is 4.68 Å². The van der Waals surface area contributed by atoms with Crippen LogP contribution in [0.25, 0.3) is 11.5 Å². The molecule has 24 heavy (non-hydrogen) atoms. The van der Waals surface area contributed by atoms with Gasteiger partial charge in [-0.3, -0.25) is 4.98 Å². The first-order valence-corrected chi connectivity index (χ1v) is 7.25. The molecule has 1 aromatic carbocycles. The average molecular weight is 322 g/mol. The zero-order valence-electron chi connectivity index (χ0n) is 12.6. The largest absolute Gasteiger partial charge is 0.491 e. The lowest BCUT2D eigenvalue weighted by Gasteiger charge is -2.13. The van der Waals surface area contributed by atoms with Gasteiger partial charge in [-0.05, 0) is 46.8 Å². The molecule has 1 unspecified atom stereocenters. The number of rotatable bonds is 6. The molecule has 2 heterocycles. The molecule has 0 aliphatic rings. The molecule has 0 radical (unpaired) electrons. The van der Waals surface area contributed by atoms with Gasteiger partial charge in [0.2, 0.25) is 5.82 Å². The van der Waals surface area contributed by atoms with Gasteiger partial charge in [-0.1, -0.05) is 6.07 Å². The Morgan fingerprint density at radius 3 is 2.75 bits per heavy atom. The van der Waals surface area contributed by atoms with Gasteiger partial charge < -0.3 is 9.84 Å². The van der Waals surface area contributed by atoms with Gasteiger partial charge in [0.05, 0.1) is 18.2 Å². The van der Waals surface area contributed by atoms with Crippen LogP contribution < -0.4 is 4.74 Å². The first kappa shape index (κ1) is 15.6. The molecule has 0 saturated heterocycles. The predicted octanol–water partition coefficient (Wildman–Crippen LogP) is 1.05. The highest BCUT2D eigenvalue weighted by Gasteiger charge is 2.14. The van der Waals surface area contributed by atoms with Crippen LogP contribution in [0.2, 0.25) is 0 Å². The number of pyridine rings is 1. The van der Waals surface area contributed by atoms with Crippen molar-refractivity contribution < 1.29 is 9.84 Å². The third-order valence-corrected chi connectivity index (χ3v) is 3.24. The lowest BCUT2D eigenvalue weighted by atomic mass is 10.2. The van der Waals surface area contributed by atoms with Gasteiger partial charge in [0.1, 0.15) is 24.2 Å². The van der Waals surface area contributed by atoms with Crippen LogP contribution in [0.5, 0.6) is 5.75 Å². The van der Waals surface area contributed by atoms with E-state index in [1.54, 1.807) is 42.6 Å². The average Bonchev–Trinajstić information content (AvgIpc) is 3.09. The Morgan fingerprint density at radius 1 is 1.21 bits per heavy atom. The second-order valence-electron chi connectivity index (χ2n) is 5.00. The molecule has 0 fully saturated rings. The van der Waals surface area contributed by atoms with E-state index in [9.17, 15) is 5.11 Å². The van der Waals surface area contributed by atoms with Crippen LogP contribution in [-0.2, 0) is 6.54 Å². The van der Waals surface area contributed by atoms with E-state index in [-0.39, 0.29) is 13.2 Å². The molecular weight excluding hydrogens is 308 g/mol. The zero-order chi connectivity index (χ0) is 16.8. The monoisotopic (exact) mass is 322 g/mol. The van der Waals surface area contributed by atoms with E-state index < -0.39 is 6.10 Å². The van der Waals surface area contributed by atoms with Crippen LogP contribution in [-0.4, -0.2) is 43.0 Å². The zero-order valence-corrected chi connectivity index (χ0v) is 12.6. The first-order valence-electron chi connectivity index (χ1n) is 7.25. The Morgan fingerprint density at radius 2 is 2.04 bits per heavy atom. The SMILES string of the molecule is N#Cc1ccc(OCC(O)Cn2nnnc2-c2ccccn2)cc1. The Hall–Kier alpha value is -3.31. The highest BCUT2D eigenvalue weighted by molar-refractivity contribution is 5.47. The van der Waals surface area contributed by atoms with Gasteiger partial charge in [-0.25, -0.2) is 4.68 Å². The molecule has 3 rings (SSSR count). The van der Waals surface area contributed by atoms with Crippen LogP contribution in [0.1, 0.15) is 5.56 Å². The molecule has 0 saturated carbocycles. The number of hydrogen-bond acceptors (Lipinski definition) is 7. The van der Waals surface area contributed by atoms with Crippen molar-refractivity contribution >= 4 is 0 Å². The number of benzene rings is 1. The van der Waals surface area contributed by atoms with Gasteiger partial charge in [0.15, 0.2) is 0 Å². The summed E-state index contributed by atoms with van der Waals surface area (Å²) in [6.45, 7) is 0.253. The molecule has 0 aliphatic heterocycles. The van der Waals surface area contributed by atoms with Crippen LogP contribution in [0.4, 0.5) is 0 Å². The Kier molecular flexibility index (Phi) is 4.74. The maximum atomic E-state index is 10.1. The van der Waals surface area contributed by atoms with Gasteiger partial charge >= 0.3 is 0 Å². The molecule has 0 bridgehead atoms. The molecule has 8 heteroatoms. The van der Waals surface area contributed by atoms with Crippen molar-refractivity contribution in [1.82, 2.24) is 25.2 Å². The minimum absolute atomic E-state index is 0.0768. The Bertz CT molecular complexity index is 826. The van der Waals surface area contributed by atoms with Crippen molar-refractivity contribution in [1.29, 1.82) is 5.26 Å². The standard InChI is InChI=1S/C16H14N6O2/c17-9-12-4-6-14(7-5-12)24-11-13(23)10-22-16(19-20-21-22)15-3-1-2-8-18-15/h1-8,13,23H,10-11H2. The summed E-state index contributed by atoms with van der Waals surface area (Å²) in [5, 5.41) is 30.3. The smallest absolute Gasteiger partial charge is 0.200 e. The summed E-state index contributed by atoms with van der Waals surface area (Å²) in [4.78, 5) is 4.20. The number of tetrazole rings is 1. The number of aliphatic hydroxyl groups is 1. The topological polar surface area (TPSA) is 110 Å². The van der Waals surface area contributed by atoms with Gasteiger partial charge in [0.25, 0.3) is 0 Å². The number of aromatic nitrogens is 5. The van der Waals surface area contributed by atoms with E-state index in [2.05, 4.69) is 20.5 Å². The predicted molar refractivity (Wildman–Crippen MR) is 83.7 cm³/mol. The molecule has 120 valence electrons. The first-order chi connectivity index (χ1) is 11.8. The van der Waals surface area contributed by atoms with E-state index in [0.717, 1.165) is 0 Å². The van der Waals surface area contributed by atoms with Crippen LogP contribution >= 0.6 is 0 Å². The van der Waals surface area contributed by atoms with Gasteiger partial charge in [0, 0.05) is 6.20 Å². The summed E-state index contributed by atoms with van der Waals surface area (Å²) >= 11 is 0. The Labute approximate surface area is 138 Å². The maximum Gasteiger partial charge on any atom is 0.200 e. The minimum Gasteiger partial charge on any atom is -0.491 e. The highest BCUT2D eigenvalue weighted by Crippen LogP contribution is 2.14. The normalized spacial score (nSPS) is 11.7. The van der Waals surface area contributed by atoms with Crippen LogP contribution in [0.3, 0.4) is 0 Å². The summed E-state index contributed by atoms with van der Waals surface area (Å²) in [7, 11) is 0. The van der Waals surface area contributed by atoms with Crippen molar-refractivity contribution in [3.8, 4) is 23.3 Å². The van der Waals surface area contributed by atoms with Crippen molar-refractivity contribution in [2.24, 2.45) is 0 Å². The summed E-state index contributed by atoms with van der Waals surface area (Å²) in [6, 6.07) is 14.1. The van der Waals surface area contributed by atoms with Crippen LogP contribution in [0.15, 0.2) is 48.7 Å². The number of nitriles is 1. The lowest BCUT2D eigenvalue weighted by molar-refractivity contribution is 0.0892. The molecule has 0 amide bonds. The highest BCUT2D eigenvalue weighted by atomic mass is 16.5. The van der Waals surface area contributed by atoms with Crippen molar-refractivity contribution in [3.63, 3.8) is 0 Å². The molecule has 8 nitrogen and oxygen atoms in total. The number of ether oxygens (including phenoxy) is 1. The molecule has 2 aromatic heterocycles. The second kappa shape index (κ2) is 7.30. The van der Waals surface area contributed by atoms with E-state index in [1.807, 2.05) is 12.1 Å². The van der Waals surface area contributed by atoms with E-state index in [0.29, 0.717) is 22.8 Å². The molecule has 0 spiro atoms. The number of nitrogens with zero attached hydrogens (tertiary/aromatic N) is 6. The number of hydrogen-bond donors (Lipinski definition) is 1. The molecule has 0 aliphatic carbocycles. The van der Waals surface area contributed by atoms with Crippen molar-refractivity contribution in [2.45, 2.75) is 12.6 Å². The summed E-state index contributed by atoms with van der Waals surface area (Å²) in [5.41, 5.74) is 1.18. The van der Waals surface area contributed by atoms with Crippen molar-refractivity contribution in [3.05, 3.63) is 54.2 Å².